The van der Waals surface area contributed by atoms with Gasteiger partial charge in [-0.1, -0.05) is 32.0 Å². The molecule has 144 valence electrons. The molecular formula is C22H24N4O2. The third-order valence-electron chi connectivity index (χ3n) is 4.35. The van der Waals surface area contributed by atoms with Gasteiger partial charge in [-0.15, -0.1) is 0 Å². The summed E-state index contributed by atoms with van der Waals surface area (Å²) < 4.78 is 5.29. The Labute approximate surface area is 165 Å². The molecule has 1 aromatic heterocycles. The summed E-state index contributed by atoms with van der Waals surface area (Å²) in [5, 5.41) is 5.98. The number of hydrogen-bond acceptors (Lipinski definition) is 5. The molecule has 3 aromatic rings. The average Bonchev–Trinajstić information content (AvgIpc) is 2.69. The van der Waals surface area contributed by atoms with E-state index in [1.165, 1.54) is 18.0 Å². The molecule has 0 aliphatic heterocycles. The Morgan fingerprint density at radius 3 is 2.32 bits per heavy atom. The van der Waals surface area contributed by atoms with E-state index in [-0.39, 0.29) is 5.91 Å². The molecule has 0 bridgehead atoms. The molecule has 1 heterocycles. The molecule has 6 heteroatoms. The molecule has 0 aliphatic carbocycles. The maximum absolute atomic E-state index is 12.5. The van der Waals surface area contributed by atoms with Gasteiger partial charge in [-0.3, -0.25) is 4.79 Å². The Morgan fingerprint density at radius 1 is 1.04 bits per heavy atom. The minimum atomic E-state index is -0.295. The monoisotopic (exact) mass is 376 g/mol. The largest absolute Gasteiger partial charge is 0.495 e. The number of anilines is 3. The van der Waals surface area contributed by atoms with Crippen molar-refractivity contribution in [1.82, 2.24) is 9.97 Å². The Bertz CT molecular complexity index is 951. The zero-order chi connectivity index (χ0) is 20.1. The summed E-state index contributed by atoms with van der Waals surface area (Å²) in [4.78, 5) is 21.0. The molecular weight excluding hydrogens is 352 g/mol. The van der Waals surface area contributed by atoms with Crippen LogP contribution in [0.5, 0.6) is 5.75 Å². The first kappa shape index (κ1) is 19.4. The third-order valence-corrected chi connectivity index (χ3v) is 4.35. The summed E-state index contributed by atoms with van der Waals surface area (Å²) in [5.74, 6) is 1.22. The number of carbonyl (C=O) groups excluding carboxylic acids is 1. The van der Waals surface area contributed by atoms with E-state index in [9.17, 15) is 4.79 Å². The SMILES string of the molecule is COc1ccc(C)cc1NC(=O)c1cnc(Nc2ccc(C(C)C)cc2)nc1. The fraction of sp³-hybridized carbons (Fsp3) is 0.227. The lowest BCUT2D eigenvalue weighted by molar-refractivity contribution is 0.102. The number of nitrogens with zero attached hydrogens (tertiary/aromatic N) is 2. The molecule has 0 spiro atoms. The molecule has 0 unspecified atom stereocenters. The summed E-state index contributed by atoms with van der Waals surface area (Å²) in [6.45, 7) is 6.26. The summed E-state index contributed by atoms with van der Waals surface area (Å²) in [5.41, 5.74) is 4.16. The van der Waals surface area contributed by atoms with E-state index in [4.69, 9.17) is 4.74 Å². The van der Waals surface area contributed by atoms with Crippen LogP contribution in [0.15, 0.2) is 54.9 Å². The number of methoxy groups -OCH3 is 1. The third kappa shape index (κ3) is 4.65. The Morgan fingerprint density at radius 2 is 1.71 bits per heavy atom. The van der Waals surface area contributed by atoms with Crippen LogP contribution >= 0.6 is 0 Å². The second kappa shape index (κ2) is 8.52. The molecule has 1 amide bonds. The van der Waals surface area contributed by atoms with Gasteiger partial charge in [0.25, 0.3) is 5.91 Å². The van der Waals surface area contributed by atoms with Crippen LogP contribution in [-0.2, 0) is 0 Å². The molecule has 6 nitrogen and oxygen atoms in total. The van der Waals surface area contributed by atoms with Gasteiger partial charge in [0, 0.05) is 18.1 Å². The minimum Gasteiger partial charge on any atom is -0.495 e. The van der Waals surface area contributed by atoms with Crippen molar-refractivity contribution in [3.63, 3.8) is 0 Å². The zero-order valence-electron chi connectivity index (χ0n) is 16.5. The summed E-state index contributed by atoms with van der Waals surface area (Å²) >= 11 is 0. The van der Waals surface area contributed by atoms with Gasteiger partial charge in [-0.05, 0) is 48.2 Å². The highest BCUT2D eigenvalue weighted by Crippen LogP contribution is 2.25. The summed E-state index contributed by atoms with van der Waals surface area (Å²) in [6, 6.07) is 13.7. The Hall–Kier alpha value is -3.41. The second-order valence-electron chi connectivity index (χ2n) is 6.85. The lowest BCUT2D eigenvalue weighted by Gasteiger charge is -2.11. The van der Waals surface area contributed by atoms with Crippen molar-refractivity contribution in [1.29, 1.82) is 0 Å². The first-order chi connectivity index (χ1) is 13.5. The van der Waals surface area contributed by atoms with E-state index in [0.717, 1.165) is 11.3 Å². The predicted octanol–water partition coefficient (Wildman–Crippen LogP) is 4.91. The van der Waals surface area contributed by atoms with E-state index in [2.05, 4.69) is 46.6 Å². The van der Waals surface area contributed by atoms with E-state index in [0.29, 0.717) is 28.9 Å². The van der Waals surface area contributed by atoms with E-state index in [1.54, 1.807) is 7.11 Å². The van der Waals surface area contributed by atoms with Crippen molar-refractivity contribution in [3.05, 3.63) is 71.5 Å². The average molecular weight is 376 g/mol. The van der Waals surface area contributed by atoms with Crippen molar-refractivity contribution in [3.8, 4) is 5.75 Å². The fourth-order valence-electron chi connectivity index (χ4n) is 2.70. The van der Waals surface area contributed by atoms with Gasteiger partial charge in [0.05, 0.1) is 18.4 Å². The molecule has 0 aliphatic rings. The highest BCUT2D eigenvalue weighted by molar-refractivity contribution is 6.04. The lowest BCUT2D eigenvalue weighted by atomic mass is 10.0. The van der Waals surface area contributed by atoms with Crippen molar-refractivity contribution >= 4 is 23.2 Å². The Kier molecular flexibility index (Phi) is 5.89. The van der Waals surface area contributed by atoms with Crippen molar-refractivity contribution in [2.45, 2.75) is 26.7 Å². The quantitative estimate of drug-likeness (QED) is 0.639. The smallest absolute Gasteiger partial charge is 0.258 e. The molecule has 0 atom stereocenters. The zero-order valence-corrected chi connectivity index (χ0v) is 16.5. The first-order valence-corrected chi connectivity index (χ1v) is 9.11. The maximum Gasteiger partial charge on any atom is 0.258 e. The van der Waals surface area contributed by atoms with Crippen LogP contribution in [0.3, 0.4) is 0 Å². The lowest BCUT2D eigenvalue weighted by Crippen LogP contribution is -2.14. The number of rotatable bonds is 6. The van der Waals surface area contributed by atoms with Crippen LogP contribution in [0.2, 0.25) is 0 Å². The second-order valence-corrected chi connectivity index (χ2v) is 6.85. The van der Waals surface area contributed by atoms with E-state index >= 15 is 0 Å². The van der Waals surface area contributed by atoms with Gasteiger partial charge in [-0.25, -0.2) is 9.97 Å². The normalized spacial score (nSPS) is 10.6. The van der Waals surface area contributed by atoms with E-state index < -0.39 is 0 Å². The highest BCUT2D eigenvalue weighted by atomic mass is 16.5. The molecule has 0 radical (unpaired) electrons. The number of ether oxygens (including phenoxy) is 1. The number of hydrogen-bond donors (Lipinski definition) is 2. The van der Waals surface area contributed by atoms with Gasteiger partial charge < -0.3 is 15.4 Å². The molecule has 0 saturated carbocycles. The highest BCUT2D eigenvalue weighted by Gasteiger charge is 2.11. The number of aromatic nitrogens is 2. The standard InChI is InChI=1S/C22H24N4O2/c1-14(2)16-6-8-18(9-7-16)25-22-23-12-17(13-24-22)21(27)26-19-11-15(3)5-10-20(19)28-4/h5-14H,1-4H3,(H,26,27)(H,23,24,25). The molecule has 2 aromatic carbocycles. The number of carbonyl (C=O) groups is 1. The molecule has 0 fully saturated rings. The van der Waals surface area contributed by atoms with Crippen molar-refractivity contribution in [2.24, 2.45) is 0 Å². The van der Waals surface area contributed by atoms with Crippen LogP contribution in [0, 0.1) is 6.92 Å². The Balaban J connectivity index is 1.68. The van der Waals surface area contributed by atoms with Gasteiger partial charge in [0.1, 0.15) is 5.75 Å². The van der Waals surface area contributed by atoms with Crippen molar-refractivity contribution in [2.75, 3.05) is 17.7 Å². The summed E-state index contributed by atoms with van der Waals surface area (Å²) in [6.07, 6.45) is 2.99. The van der Waals surface area contributed by atoms with Gasteiger partial charge in [-0.2, -0.15) is 0 Å². The van der Waals surface area contributed by atoms with Crippen LogP contribution in [0.25, 0.3) is 0 Å². The number of nitrogens with one attached hydrogen (secondary N) is 2. The van der Waals surface area contributed by atoms with Crippen LogP contribution < -0.4 is 15.4 Å². The molecule has 0 saturated heterocycles. The minimum absolute atomic E-state index is 0.295. The van der Waals surface area contributed by atoms with Gasteiger partial charge in [0.2, 0.25) is 5.95 Å². The number of benzene rings is 2. The molecule has 2 N–H and O–H groups in total. The fourth-order valence-corrected chi connectivity index (χ4v) is 2.70. The van der Waals surface area contributed by atoms with Crippen molar-refractivity contribution < 1.29 is 9.53 Å². The van der Waals surface area contributed by atoms with Gasteiger partial charge in [0.15, 0.2) is 0 Å². The molecule has 28 heavy (non-hydrogen) atoms. The number of aryl methyl sites for hydroxylation is 1. The molecule has 3 rings (SSSR count). The van der Waals surface area contributed by atoms with Crippen LogP contribution in [0.1, 0.15) is 41.3 Å². The predicted molar refractivity (Wildman–Crippen MR) is 112 cm³/mol. The van der Waals surface area contributed by atoms with Gasteiger partial charge >= 0.3 is 0 Å². The number of amides is 1. The maximum atomic E-state index is 12.5. The topological polar surface area (TPSA) is 76.1 Å². The van der Waals surface area contributed by atoms with E-state index in [1.807, 2.05) is 37.3 Å². The van der Waals surface area contributed by atoms with Crippen LogP contribution in [0.4, 0.5) is 17.3 Å². The summed E-state index contributed by atoms with van der Waals surface area (Å²) in [7, 11) is 1.57. The van der Waals surface area contributed by atoms with Crippen LogP contribution in [-0.4, -0.2) is 23.0 Å². The first-order valence-electron chi connectivity index (χ1n) is 9.11.